The third-order valence-electron chi connectivity index (χ3n) is 5.48. The molecule has 2 N–H and O–H groups in total. The highest BCUT2D eigenvalue weighted by molar-refractivity contribution is 8.00. The van der Waals surface area contributed by atoms with Crippen LogP contribution in [0.25, 0.3) is 0 Å². The largest absolute Gasteiger partial charge is 0.327 e. The van der Waals surface area contributed by atoms with E-state index in [4.69, 9.17) is 5.73 Å². The first-order chi connectivity index (χ1) is 9.83. The minimum absolute atomic E-state index is 0.346. The van der Waals surface area contributed by atoms with Crippen molar-refractivity contribution in [3.8, 4) is 0 Å². The fraction of sp³-hybridized carbons (Fsp3) is 0.684. The standard InChI is InChI=1S/C19H31NS/c1-6-19(4,5)15-9-10-16(20)18(12-15)21-17-11-13(2)7-8-14(17)3/h7-8,11,15-16,18H,6,9-10,12,20H2,1-5H3. The molecular formula is C19H31NS. The summed E-state index contributed by atoms with van der Waals surface area (Å²) in [5, 5.41) is 0.565. The zero-order valence-corrected chi connectivity index (χ0v) is 15.1. The first-order valence-electron chi connectivity index (χ1n) is 8.33. The summed E-state index contributed by atoms with van der Waals surface area (Å²) in [7, 11) is 0. The molecule has 1 nitrogen and oxygen atoms in total. The molecule has 0 bridgehead atoms. The molecule has 21 heavy (non-hydrogen) atoms. The van der Waals surface area contributed by atoms with Gasteiger partial charge in [0.1, 0.15) is 0 Å². The van der Waals surface area contributed by atoms with Crippen LogP contribution in [0.15, 0.2) is 23.1 Å². The fourth-order valence-corrected chi connectivity index (χ4v) is 4.76. The molecule has 1 aliphatic carbocycles. The van der Waals surface area contributed by atoms with Gasteiger partial charge in [-0.2, -0.15) is 0 Å². The van der Waals surface area contributed by atoms with E-state index in [1.807, 2.05) is 11.8 Å². The minimum atomic E-state index is 0.346. The van der Waals surface area contributed by atoms with Crippen molar-refractivity contribution in [3.05, 3.63) is 29.3 Å². The van der Waals surface area contributed by atoms with Crippen molar-refractivity contribution in [1.82, 2.24) is 0 Å². The predicted molar refractivity (Wildman–Crippen MR) is 94.9 cm³/mol. The zero-order valence-electron chi connectivity index (χ0n) is 14.3. The van der Waals surface area contributed by atoms with Crippen molar-refractivity contribution >= 4 is 11.8 Å². The number of thioether (sulfide) groups is 1. The van der Waals surface area contributed by atoms with Crippen LogP contribution >= 0.6 is 11.8 Å². The quantitative estimate of drug-likeness (QED) is 0.814. The molecule has 3 unspecified atom stereocenters. The Balaban J connectivity index is 2.12. The van der Waals surface area contributed by atoms with E-state index in [1.165, 1.54) is 41.7 Å². The molecule has 1 aliphatic rings. The van der Waals surface area contributed by atoms with Gasteiger partial charge in [-0.05, 0) is 56.1 Å². The molecule has 3 atom stereocenters. The van der Waals surface area contributed by atoms with Crippen LogP contribution in [0.4, 0.5) is 0 Å². The lowest BCUT2D eigenvalue weighted by atomic mass is 9.69. The number of nitrogens with two attached hydrogens (primary N) is 1. The summed E-state index contributed by atoms with van der Waals surface area (Å²) in [6.07, 6.45) is 5.00. The molecule has 1 fully saturated rings. The summed E-state index contributed by atoms with van der Waals surface area (Å²) in [4.78, 5) is 1.42. The van der Waals surface area contributed by atoms with E-state index in [-0.39, 0.29) is 0 Å². The molecule has 0 spiro atoms. The van der Waals surface area contributed by atoms with Gasteiger partial charge in [-0.1, -0.05) is 44.9 Å². The summed E-state index contributed by atoms with van der Waals surface area (Å²) >= 11 is 2.02. The molecule has 118 valence electrons. The lowest BCUT2D eigenvalue weighted by Gasteiger charge is -2.42. The zero-order chi connectivity index (χ0) is 15.6. The molecular weight excluding hydrogens is 274 g/mol. The van der Waals surface area contributed by atoms with Crippen LogP contribution in [-0.4, -0.2) is 11.3 Å². The summed E-state index contributed by atoms with van der Waals surface area (Å²) in [6, 6.07) is 7.10. The highest BCUT2D eigenvalue weighted by Gasteiger charge is 2.36. The molecule has 0 amide bonds. The van der Waals surface area contributed by atoms with E-state index in [2.05, 4.69) is 52.8 Å². The van der Waals surface area contributed by atoms with Gasteiger partial charge in [0.15, 0.2) is 0 Å². The molecule has 0 aromatic heterocycles. The lowest BCUT2D eigenvalue weighted by molar-refractivity contribution is 0.148. The number of hydrogen-bond acceptors (Lipinski definition) is 2. The average Bonchev–Trinajstić information content (AvgIpc) is 2.45. The van der Waals surface area contributed by atoms with E-state index in [9.17, 15) is 0 Å². The van der Waals surface area contributed by atoms with Crippen molar-refractivity contribution in [1.29, 1.82) is 0 Å². The van der Waals surface area contributed by atoms with Crippen molar-refractivity contribution in [2.45, 2.75) is 76.5 Å². The van der Waals surface area contributed by atoms with Gasteiger partial charge >= 0.3 is 0 Å². The average molecular weight is 306 g/mol. The lowest BCUT2D eigenvalue weighted by Crippen LogP contribution is -2.42. The van der Waals surface area contributed by atoms with Crippen LogP contribution in [-0.2, 0) is 0 Å². The van der Waals surface area contributed by atoms with E-state index in [0.717, 1.165) is 5.92 Å². The van der Waals surface area contributed by atoms with Gasteiger partial charge < -0.3 is 5.73 Å². The molecule has 2 rings (SSSR count). The molecule has 0 saturated heterocycles. The van der Waals surface area contributed by atoms with Crippen LogP contribution in [0.2, 0.25) is 0 Å². The number of hydrogen-bond donors (Lipinski definition) is 1. The first-order valence-corrected chi connectivity index (χ1v) is 9.21. The summed E-state index contributed by atoms with van der Waals surface area (Å²) in [6.45, 7) is 11.6. The molecule has 0 heterocycles. The molecule has 0 radical (unpaired) electrons. The van der Waals surface area contributed by atoms with Crippen molar-refractivity contribution in [3.63, 3.8) is 0 Å². The Morgan fingerprint density at radius 3 is 2.62 bits per heavy atom. The van der Waals surface area contributed by atoms with E-state index in [0.29, 0.717) is 16.7 Å². The maximum atomic E-state index is 6.44. The SMILES string of the molecule is CCC(C)(C)C1CCC(N)C(Sc2cc(C)ccc2C)C1. The second kappa shape index (κ2) is 6.75. The van der Waals surface area contributed by atoms with Crippen LogP contribution in [0.5, 0.6) is 0 Å². The van der Waals surface area contributed by atoms with Crippen LogP contribution in [0.3, 0.4) is 0 Å². The minimum Gasteiger partial charge on any atom is -0.327 e. The van der Waals surface area contributed by atoms with Gasteiger partial charge in [-0.15, -0.1) is 11.8 Å². The molecule has 0 aliphatic heterocycles. The van der Waals surface area contributed by atoms with Crippen LogP contribution in [0, 0.1) is 25.2 Å². The predicted octanol–water partition coefficient (Wildman–Crippen LogP) is 5.33. The molecule has 1 aromatic carbocycles. The smallest absolute Gasteiger partial charge is 0.0249 e. The van der Waals surface area contributed by atoms with Crippen LogP contribution in [0.1, 0.15) is 57.6 Å². The van der Waals surface area contributed by atoms with E-state index < -0.39 is 0 Å². The molecule has 1 aromatic rings. The Labute approximate surface area is 135 Å². The van der Waals surface area contributed by atoms with Gasteiger partial charge in [0, 0.05) is 16.2 Å². The van der Waals surface area contributed by atoms with E-state index >= 15 is 0 Å². The number of aryl methyl sites for hydroxylation is 2. The van der Waals surface area contributed by atoms with Crippen molar-refractivity contribution in [2.75, 3.05) is 0 Å². The highest BCUT2D eigenvalue weighted by Crippen LogP contribution is 2.45. The van der Waals surface area contributed by atoms with E-state index in [1.54, 1.807) is 0 Å². The second-order valence-electron chi connectivity index (χ2n) is 7.44. The Bertz CT molecular complexity index is 480. The molecule has 2 heteroatoms. The summed E-state index contributed by atoms with van der Waals surface area (Å²) in [5.74, 6) is 0.810. The normalized spacial score (nSPS) is 26.9. The molecule has 1 saturated carbocycles. The topological polar surface area (TPSA) is 26.0 Å². The summed E-state index contributed by atoms with van der Waals surface area (Å²) < 4.78 is 0. The van der Waals surface area contributed by atoms with Crippen molar-refractivity contribution in [2.24, 2.45) is 17.1 Å². The number of benzene rings is 1. The monoisotopic (exact) mass is 305 g/mol. The fourth-order valence-electron chi connectivity index (χ4n) is 3.28. The van der Waals surface area contributed by atoms with Crippen molar-refractivity contribution < 1.29 is 0 Å². The van der Waals surface area contributed by atoms with Gasteiger partial charge in [0.2, 0.25) is 0 Å². The highest BCUT2D eigenvalue weighted by atomic mass is 32.2. The number of rotatable bonds is 4. The maximum Gasteiger partial charge on any atom is 0.0249 e. The first kappa shape index (κ1) is 16.9. The Morgan fingerprint density at radius 2 is 1.95 bits per heavy atom. The Morgan fingerprint density at radius 1 is 1.24 bits per heavy atom. The third kappa shape index (κ3) is 4.04. The Hall–Kier alpha value is -0.470. The Kier molecular flexibility index (Phi) is 5.43. The van der Waals surface area contributed by atoms with Gasteiger partial charge in [0.05, 0.1) is 0 Å². The third-order valence-corrected chi connectivity index (χ3v) is 7.02. The summed E-state index contributed by atoms with van der Waals surface area (Å²) in [5.41, 5.74) is 9.62. The second-order valence-corrected chi connectivity index (χ2v) is 8.72. The van der Waals surface area contributed by atoms with Crippen LogP contribution < -0.4 is 5.73 Å². The van der Waals surface area contributed by atoms with Gasteiger partial charge in [0.25, 0.3) is 0 Å². The van der Waals surface area contributed by atoms with Gasteiger partial charge in [-0.25, -0.2) is 0 Å². The van der Waals surface area contributed by atoms with Gasteiger partial charge in [-0.3, -0.25) is 0 Å². The maximum absolute atomic E-state index is 6.44.